The van der Waals surface area contributed by atoms with Crippen molar-refractivity contribution in [2.24, 2.45) is 5.41 Å². The van der Waals surface area contributed by atoms with E-state index in [0.717, 1.165) is 12.0 Å². The largest absolute Gasteiger partial charge is 0.293 e. The molecule has 1 heteroatoms. The maximum absolute atomic E-state index is 11.4. The van der Waals surface area contributed by atoms with Crippen molar-refractivity contribution in [2.45, 2.75) is 13.3 Å². The highest BCUT2D eigenvalue weighted by Gasteiger charge is 2.36. The first kappa shape index (κ1) is 6.59. The summed E-state index contributed by atoms with van der Waals surface area (Å²) in [5.74, 6) is 0.208. The zero-order chi connectivity index (χ0) is 7.90. The Bertz CT molecular complexity index is 294. The maximum atomic E-state index is 11.4. The van der Waals surface area contributed by atoms with Crippen LogP contribution in [-0.4, -0.2) is 5.78 Å². The van der Waals surface area contributed by atoms with Crippen molar-refractivity contribution in [2.75, 3.05) is 0 Å². The first-order valence-corrected chi connectivity index (χ1v) is 3.84. The van der Waals surface area contributed by atoms with Gasteiger partial charge in [-0.15, -0.1) is 0 Å². The Hall–Kier alpha value is -1.11. The molecule has 0 radical (unpaired) electrons. The topological polar surface area (TPSA) is 17.1 Å². The predicted molar refractivity (Wildman–Crippen MR) is 44.1 cm³/mol. The highest BCUT2D eigenvalue weighted by Crippen LogP contribution is 2.38. The summed E-state index contributed by atoms with van der Waals surface area (Å²) < 4.78 is 0. The van der Waals surface area contributed by atoms with Gasteiger partial charge in [0.05, 0.1) is 5.41 Å². The monoisotopic (exact) mass is 146 g/mol. The minimum absolute atomic E-state index is 0.208. The van der Waals surface area contributed by atoms with Crippen LogP contribution in [0.4, 0.5) is 0 Å². The molecule has 2 rings (SSSR count). The van der Waals surface area contributed by atoms with Gasteiger partial charge in [-0.3, -0.25) is 4.79 Å². The van der Waals surface area contributed by atoms with E-state index in [1.54, 1.807) is 6.08 Å². The lowest BCUT2D eigenvalue weighted by molar-refractivity contribution is -0.118. The minimum atomic E-state index is -0.321. The lowest BCUT2D eigenvalue weighted by Gasteiger charge is -2.22. The van der Waals surface area contributed by atoms with E-state index in [4.69, 9.17) is 0 Å². The number of ketones is 1. The normalized spacial score (nSPS) is 33.9. The van der Waals surface area contributed by atoms with Crippen LogP contribution in [0.15, 0.2) is 36.0 Å². The molecule has 1 unspecified atom stereocenters. The van der Waals surface area contributed by atoms with Crippen LogP contribution in [-0.2, 0) is 4.79 Å². The molecule has 0 saturated heterocycles. The van der Waals surface area contributed by atoms with E-state index < -0.39 is 0 Å². The Morgan fingerprint density at radius 3 is 3.00 bits per heavy atom. The van der Waals surface area contributed by atoms with Gasteiger partial charge in [0.1, 0.15) is 0 Å². The van der Waals surface area contributed by atoms with Gasteiger partial charge in [0, 0.05) is 0 Å². The van der Waals surface area contributed by atoms with Crippen LogP contribution in [0.5, 0.6) is 0 Å². The van der Waals surface area contributed by atoms with Crippen LogP contribution < -0.4 is 0 Å². The second-order valence-corrected chi connectivity index (χ2v) is 3.20. The molecule has 0 aromatic heterocycles. The highest BCUT2D eigenvalue weighted by atomic mass is 16.1. The van der Waals surface area contributed by atoms with Crippen LogP contribution in [0.3, 0.4) is 0 Å². The summed E-state index contributed by atoms with van der Waals surface area (Å²) in [6, 6.07) is 0. The van der Waals surface area contributed by atoms with Crippen molar-refractivity contribution in [3.63, 3.8) is 0 Å². The molecular formula is C10H10O. The molecule has 0 heterocycles. The second-order valence-electron chi connectivity index (χ2n) is 3.20. The minimum Gasteiger partial charge on any atom is -0.293 e. The van der Waals surface area contributed by atoms with Crippen molar-refractivity contribution in [1.29, 1.82) is 0 Å². The zero-order valence-electron chi connectivity index (χ0n) is 6.50. The van der Waals surface area contributed by atoms with Crippen molar-refractivity contribution in [3.8, 4) is 0 Å². The molecule has 2 aliphatic rings. The summed E-state index contributed by atoms with van der Waals surface area (Å²) >= 11 is 0. The summed E-state index contributed by atoms with van der Waals surface area (Å²) in [7, 11) is 0. The Morgan fingerprint density at radius 1 is 1.45 bits per heavy atom. The molecule has 0 aliphatic heterocycles. The van der Waals surface area contributed by atoms with E-state index in [1.807, 2.05) is 19.1 Å². The lowest BCUT2D eigenvalue weighted by Crippen LogP contribution is -2.22. The number of rotatable bonds is 0. The van der Waals surface area contributed by atoms with E-state index in [0.29, 0.717) is 0 Å². The van der Waals surface area contributed by atoms with Crippen LogP contribution in [0, 0.1) is 5.41 Å². The van der Waals surface area contributed by atoms with Crippen molar-refractivity contribution in [1.82, 2.24) is 0 Å². The summed E-state index contributed by atoms with van der Waals surface area (Å²) in [4.78, 5) is 11.4. The number of carbonyl (C=O) groups is 1. The molecule has 0 spiro atoms. The molecule has 1 nitrogen and oxygen atoms in total. The van der Waals surface area contributed by atoms with Crippen molar-refractivity contribution >= 4 is 5.78 Å². The fraction of sp³-hybridized carbons (Fsp3) is 0.300. The molecule has 56 valence electrons. The van der Waals surface area contributed by atoms with Gasteiger partial charge in [0.2, 0.25) is 0 Å². The van der Waals surface area contributed by atoms with E-state index in [9.17, 15) is 4.79 Å². The molecule has 11 heavy (non-hydrogen) atoms. The predicted octanol–water partition coefficient (Wildman–Crippen LogP) is 2.02. The average Bonchev–Trinajstić information content (AvgIpc) is 2.29. The molecule has 0 saturated carbocycles. The Labute approximate surface area is 66.1 Å². The Morgan fingerprint density at radius 2 is 2.27 bits per heavy atom. The average molecular weight is 146 g/mol. The molecular weight excluding hydrogens is 136 g/mol. The number of fused-ring (bicyclic) bond motifs is 1. The molecule has 0 fully saturated rings. The molecule has 0 bridgehead atoms. The van der Waals surface area contributed by atoms with E-state index in [1.165, 1.54) is 0 Å². The summed E-state index contributed by atoms with van der Waals surface area (Å²) in [6.07, 6.45) is 10.7. The summed E-state index contributed by atoms with van der Waals surface area (Å²) in [6.45, 7) is 1.97. The van der Waals surface area contributed by atoms with Gasteiger partial charge in [0.25, 0.3) is 0 Å². The Kier molecular flexibility index (Phi) is 1.16. The van der Waals surface area contributed by atoms with E-state index in [2.05, 4.69) is 12.2 Å². The SMILES string of the molecule is CC12C=CCC=C1C=CC2=O. The fourth-order valence-electron chi connectivity index (χ4n) is 1.61. The molecule has 2 aliphatic carbocycles. The third kappa shape index (κ3) is 0.739. The van der Waals surface area contributed by atoms with Crippen molar-refractivity contribution < 1.29 is 4.79 Å². The van der Waals surface area contributed by atoms with Gasteiger partial charge in [-0.05, 0) is 25.0 Å². The van der Waals surface area contributed by atoms with Crippen LogP contribution >= 0.6 is 0 Å². The number of carbonyl (C=O) groups excluding carboxylic acids is 1. The molecule has 0 N–H and O–H groups in total. The van der Waals surface area contributed by atoms with Crippen molar-refractivity contribution in [3.05, 3.63) is 36.0 Å². The van der Waals surface area contributed by atoms with Crippen LogP contribution in [0.25, 0.3) is 0 Å². The molecule has 0 aromatic carbocycles. The summed E-state index contributed by atoms with van der Waals surface area (Å²) in [5.41, 5.74) is 0.836. The number of hydrogen-bond donors (Lipinski definition) is 0. The van der Waals surface area contributed by atoms with Gasteiger partial charge in [-0.25, -0.2) is 0 Å². The third-order valence-electron chi connectivity index (χ3n) is 2.45. The number of allylic oxidation sites excluding steroid dienone is 6. The van der Waals surface area contributed by atoms with Gasteiger partial charge in [-0.2, -0.15) is 0 Å². The van der Waals surface area contributed by atoms with Gasteiger partial charge in [-0.1, -0.05) is 24.3 Å². The quantitative estimate of drug-likeness (QED) is 0.478. The smallest absolute Gasteiger partial charge is 0.169 e. The molecule has 0 aromatic rings. The van der Waals surface area contributed by atoms with Crippen LogP contribution in [0.1, 0.15) is 13.3 Å². The zero-order valence-corrected chi connectivity index (χ0v) is 6.50. The highest BCUT2D eigenvalue weighted by molar-refractivity contribution is 6.03. The van der Waals surface area contributed by atoms with E-state index in [-0.39, 0.29) is 11.2 Å². The first-order valence-electron chi connectivity index (χ1n) is 3.84. The van der Waals surface area contributed by atoms with Gasteiger partial charge in [0.15, 0.2) is 5.78 Å². The van der Waals surface area contributed by atoms with Gasteiger partial charge < -0.3 is 0 Å². The van der Waals surface area contributed by atoms with Gasteiger partial charge >= 0.3 is 0 Å². The standard InChI is InChI=1S/C10H10O/c1-10-7-3-2-4-8(10)5-6-9(10)11/h3-7H,2H2,1H3. The third-order valence-corrected chi connectivity index (χ3v) is 2.45. The lowest BCUT2D eigenvalue weighted by atomic mass is 9.79. The fourth-order valence-corrected chi connectivity index (χ4v) is 1.61. The molecule has 1 atom stereocenters. The first-order chi connectivity index (χ1) is 5.23. The summed E-state index contributed by atoms with van der Waals surface area (Å²) in [5, 5.41) is 0. The maximum Gasteiger partial charge on any atom is 0.169 e. The second kappa shape index (κ2) is 1.94. The van der Waals surface area contributed by atoms with E-state index >= 15 is 0 Å². The molecule has 0 amide bonds. The Balaban J connectivity index is 2.52. The number of hydrogen-bond acceptors (Lipinski definition) is 1. The van der Waals surface area contributed by atoms with Crippen LogP contribution in [0.2, 0.25) is 0 Å².